The largest absolute Gasteiger partial charge is 0.281 e. The zero-order valence-electron chi connectivity index (χ0n) is 9.71. The SMILES string of the molecule is O=[N+]([O-])c1cccc(Cl)c1-c1nc2c(F)cncc2s1. The van der Waals surface area contributed by atoms with Gasteiger partial charge in [-0.2, -0.15) is 0 Å². The van der Waals surface area contributed by atoms with E-state index in [1.807, 2.05) is 0 Å². The smallest absolute Gasteiger partial charge is 0.260 e. The van der Waals surface area contributed by atoms with Gasteiger partial charge in [0.25, 0.3) is 5.69 Å². The lowest BCUT2D eigenvalue weighted by Gasteiger charge is -2.01. The van der Waals surface area contributed by atoms with Crippen molar-refractivity contribution < 1.29 is 9.31 Å². The minimum absolute atomic E-state index is 0.134. The minimum Gasteiger partial charge on any atom is -0.260 e. The van der Waals surface area contributed by atoms with E-state index in [-0.39, 0.29) is 21.8 Å². The first-order valence-corrected chi connectivity index (χ1v) is 6.60. The van der Waals surface area contributed by atoms with Crippen molar-refractivity contribution in [1.82, 2.24) is 9.97 Å². The molecule has 0 fully saturated rings. The fourth-order valence-electron chi connectivity index (χ4n) is 1.81. The molecule has 0 bridgehead atoms. The Morgan fingerprint density at radius 1 is 1.35 bits per heavy atom. The standard InChI is InChI=1S/C12H5ClFN3O2S/c13-6-2-1-3-8(17(18)19)10(6)12-16-11-7(14)4-15-5-9(11)20-12/h1-5H. The fraction of sp³-hybridized carbons (Fsp3) is 0. The first-order chi connectivity index (χ1) is 9.58. The molecular weight excluding hydrogens is 305 g/mol. The third-order valence-corrected chi connectivity index (χ3v) is 3.98. The molecule has 0 saturated carbocycles. The Morgan fingerprint density at radius 2 is 2.15 bits per heavy atom. The van der Waals surface area contributed by atoms with Gasteiger partial charge in [-0.05, 0) is 6.07 Å². The number of thiazole rings is 1. The molecule has 3 rings (SSSR count). The number of halogens is 2. The van der Waals surface area contributed by atoms with Crippen LogP contribution in [0.1, 0.15) is 0 Å². The molecule has 0 atom stereocenters. The van der Waals surface area contributed by atoms with E-state index in [0.29, 0.717) is 9.71 Å². The molecule has 8 heteroatoms. The van der Waals surface area contributed by atoms with E-state index in [1.165, 1.54) is 24.4 Å². The fourth-order valence-corrected chi connectivity index (χ4v) is 3.14. The van der Waals surface area contributed by atoms with Crippen LogP contribution in [0.15, 0.2) is 30.6 Å². The molecule has 0 spiro atoms. The van der Waals surface area contributed by atoms with Crippen molar-refractivity contribution in [2.45, 2.75) is 0 Å². The normalized spacial score (nSPS) is 10.9. The predicted octanol–water partition coefficient (Wildman–Crippen LogP) is 4.06. The summed E-state index contributed by atoms with van der Waals surface area (Å²) < 4.78 is 14.1. The van der Waals surface area contributed by atoms with Crippen LogP contribution < -0.4 is 0 Å². The Balaban J connectivity index is 2.31. The highest BCUT2D eigenvalue weighted by atomic mass is 35.5. The van der Waals surface area contributed by atoms with E-state index in [1.54, 1.807) is 0 Å². The number of nitro groups is 1. The van der Waals surface area contributed by atoms with Crippen molar-refractivity contribution in [1.29, 1.82) is 0 Å². The maximum Gasteiger partial charge on any atom is 0.281 e. The van der Waals surface area contributed by atoms with E-state index in [4.69, 9.17) is 11.6 Å². The molecule has 0 radical (unpaired) electrons. The number of hydrogen-bond acceptors (Lipinski definition) is 5. The molecule has 0 unspecified atom stereocenters. The molecule has 1 aromatic carbocycles. The lowest BCUT2D eigenvalue weighted by atomic mass is 10.2. The van der Waals surface area contributed by atoms with Crippen molar-refractivity contribution in [2.75, 3.05) is 0 Å². The van der Waals surface area contributed by atoms with Gasteiger partial charge in [0, 0.05) is 12.3 Å². The van der Waals surface area contributed by atoms with Crippen LogP contribution in [0.3, 0.4) is 0 Å². The van der Waals surface area contributed by atoms with Crippen LogP contribution in [0, 0.1) is 15.9 Å². The second-order valence-electron chi connectivity index (χ2n) is 3.88. The number of benzene rings is 1. The molecule has 0 N–H and O–H groups in total. The van der Waals surface area contributed by atoms with Crippen LogP contribution in [0.4, 0.5) is 10.1 Å². The summed E-state index contributed by atoms with van der Waals surface area (Å²) in [7, 11) is 0. The molecular formula is C12H5ClFN3O2S. The van der Waals surface area contributed by atoms with Gasteiger partial charge < -0.3 is 0 Å². The van der Waals surface area contributed by atoms with E-state index in [2.05, 4.69) is 9.97 Å². The highest BCUT2D eigenvalue weighted by molar-refractivity contribution is 7.21. The zero-order valence-corrected chi connectivity index (χ0v) is 11.3. The number of nitrogens with zero attached hydrogens (tertiary/aromatic N) is 3. The summed E-state index contributed by atoms with van der Waals surface area (Å²) in [6.45, 7) is 0. The first kappa shape index (κ1) is 12.9. The molecule has 0 aliphatic heterocycles. The Morgan fingerprint density at radius 3 is 2.85 bits per heavy atom. The lowest BCUT2D eigenvalue weighted by Crippen LogP contribution is -1.92. The van der Waals surface area contributed by atoms with Crippen LogP contribution in [0.5, 0.6) is 0 Å². The average Bonchev–Trinajstić information content (AvgIpc) is 2.83. The second kappa shape index (κ2) is 4.77. The van der Waals surface area contributed by atoms with Gasteiger partial charge in [-0.15, -0.1) is 11.3 Å². The Hall–Kier alpha value is -2.12. The monoisotopic (exact) mass is 309 g/mol. The van der Waals surface area contributed by atoms with Gasteiger partial charge in [-0.3, -0.25) is 15.1 Å². The quantitative estimate of drug-likeness (QED) is 0.529. The molecule has 5 nitrogen and oxygen atoms in total. The summed E-state index contributed by atoms with van der Waals surface area (Å²) in [6, 6.07) is 4.35. The van der Waals surface area contributed by atoms with Crippen LogP contribution in [-0.2, 0) is 0 Å². The summed E-state index contributed by atoms with van der Waals surface area (Å²) in [5.74, 6) is -0.570. The summed E-state index contributed by atoms with van der Waals surface area (Å²) >= 11 is 7.14. The van der Waals surface area contributed by atoms with E-state index in [9.17, 15) is 14.5 Å². The van der Waals surface area contributed by atoms with Crippen molar-refractivity contribution in [3.8, 4) is 10.6 Å². The number of fused-ring (bicyclic) bond motifs is 1. The van der Waals surface area contributed by atoms with Gasteiger partial charge in [0.1, 0.15) is 16.1 Å². The van der Waals surface area contributed by atoms with Crippen LogP contribution in [0.25, 0.3) is 20.8 Å². The van der Waals surface area contributed by atoms with Crippen molar-refractivity contribution in [3.05, 3.63) is 51.5 Å². The van der Waals surface area contributed by atoms with E-state index in [0.717, 1.165) is 17.5 Å². The van der Waals surface area contributed by atoms with Crippen LogP contribution >= 0.6 is 22.9 Å². The molecule has 20 heavy (non-hydrogen) atoms. The lowest BCUT2D eigenvalue weighted by molar-refractivity contribution is -0.384. The third-order valence-electron chi connectivity index (χ3n) is 2.66. The molecule has 2 aromatic heterocycles. The second-order valence-corrected chi connectivity index (χ2v) is 5.32. The van der Waals surface area contributed by atoms with Crippen LogP contribution in [-0.4, -0.2) is 14.9 Å². The van der Waals surface area contributed by atoms with E-state index >= 15 is 0 Å². The van der Waals surface area contributed by atoms with Crippen molar-refractivity contribution in [2.24, 2.45) is 0 Å². The van der Waals surface area contributed by atoms with Crippen LogP contribution in [0.2, 0.25) is 5.02 Å². The summed E-state index contributed by atoms with van der Waals surface area (Å²) in [4.78, 5) is 18.4. The predicted molar refractivity (Wildman–Crippen MR) is 74.5 cm³/mol. The third kappa shape index (κ3) is 2.00. The van der Waals surface area contributed by atoms with Gasteiger partial charge in [-0.1, -0.05) is 17.7 Å². The number of pyridine rings is 1. The molecule has 0 amide bonds. The number of hydrogen-bond donors (Lipinski definition) is 0. The van der Waals surface area contributed by atoms with Crippen molar-refractivity contribution in [3.63, 3.8) is 0 Å². The van der Waals surface area contributed by atoms with E-state index < -0.39 is 10.7 Å². The molecule has 0 aliphatic rings. The molecule has 2 heterocycles. The number of aromatic nitrogens is 2. The Kier molecular flexibility index (Phi) is 3.07. The molecule has 100 valence electrons. The maximum absolute atomic E-state index is 13.6. The van der Waals surface area contributed by atoms with Gasteiger partial charge in [-0.25, -0.2) is 9.37 Å². The minimum atomic E-state index is -0.570. The molecule has 3 aromatic rings. The molecule has 0 aliphatic carbocycles. The Bertz CT molecular complexity index is 837. The van der Waals surface area contributed by atoms with Gasteiger partial charge in [0.15, 0.2) is 5.82 Å². The topological polar surface area (TPSA) is 68.9 Å². The number of nitro benzene ring substituents is 1. The summed E-state index contributed by atoms with van der Waals surface area (Å²) in [5.41, 5.74) is 0.166. The van der Waals surface area contributed by atoms with Crippen molar-refractivity contribution >= 4 is 38.8 Å². The zero-order chi connectivity index (χ0) is 14.3. The molecule has 0 saturated heterocycles. The number of rotatable bonds is 2. The van der Waals surface area contributed by atoms with Gasteiger partial charge in [0.05, 0.1) is 20.8 Å². The van der Waals surface area contributed by atoms with Gasteiger partial charge >= 0.3 is 0 Å². The van der Waals surface area contributed by atoms with Gasteiger partial charge in [0.2, 0.25) is 0 Å². The first-order valence-electron chi connectivity index (χ1n) is 5.41. The highest BCUT2D eigenvalue weighted by Crippen LogP contribution is 2.40. The highest BCUT2D eigenvalue weighted by Gasteiger charge is 2.22. The maximum atomic E-state index is 13.6. The summed E-state index contributed by atoms with van der Waals surface area (Å²) in [6.07, 6.45) is 2.51. The Labute approximate surface area is 120 Å². The summed E-state index contributed by atoms with van der Waals surface area (Å²) in [5, 5.41) is 11.6. The average molecular weight is 310 g/mol.